The summed E-state index contributed by atoms with van der Waals surface area (Å²) in [6, 6.07) is 8.96. The van der Waals surface area contributed by atoms with Gasteiger partial charge in [-0.05, 0) is 38.0 Å². The van der Waals surface area contributed by atoms with Gasteiger partial charge in [0.25, 0.3) is 5.91 Å². The molecular formula is C15H17ClN2O2. The first-order chi connectivity index (χ1) is 9.60. The Kier molecular flexibility index (Phi) is 4.93. The lowest BCUT2D eigenvalue weighted by molar-refractivity contribution is 0.0931. The monoisotopic (exact) mass is 292 g/mol. The zero-order chi connectivity index (χ0) is 14.5. The van der Waals surface area contributed by atoms with E-state index in [1.54, 1.807) is 18.2 Å². The third kappa shape index (κ3) is 3.68. The average Bonchev–Trinajstić information content (AvgIpc) is 2.44. The van der Waals surface area contributed by atoms with E-state index >= 15 is 0 Å². The van der Waals surface area contributed by atoms with Crippen LogP contribution in [0.2, 0.25) is 5.02 Å². The second-order valence-corrected chi connectivity index (χ2v) is 5.21. The molecule has 4 nitrogen and oxygen atoms in total. The second-order valence-electron chi connectivity index (χ2n) is 4.77. The van der Waals surface area contributed by atoms with Crippen LogP contribution in [0.1, 0.15) is 30.3 Å². The molecule has 0 bridgehead atoms. The maximum Gasteiger partial charge on any atom is 0.270 e. The molecular weight excluding hydrogens is 276 g/mol. The number of aliphatic hydroxyl groups is 1. The number of carbonyl (C=O) groups excluding carboxylic acids is 1. The fourth-order valence-electron chi connectivity index (χ4n) is 1.98. The summed E-state index contributed by atoms with van der Waals surface area (Å²) in [5.74, 6) is -0.211. The highest BCUT2D eigenvalue weighted by atomic mass is 35.5. The molecule has 0 aliphatic heterocycles. The number of fused-ring (bicyclic) bond motifs is 1. The van der Waals surface area contributed by atoms with Gasteiger partial charge in [-0.15, -0.1) is 0 Å². The minimum Gasteiger partial charge on any atom is -0.396 e. The van der Waals surface area contributed by atoms with E-state index in [0.717, 1.165) is 11.8 Å². The van der Waals surface area contributed by atoms with Crippen LogP contribution in [0.15, 0.2) is 30.3 Å². The molecule has 1 amide bonds. The molecule has 0 aliphatic carbocycles. The quantitative estimate of drug-likeness (QED) is 0.891. The van der Waals surface area contributed by atoms with E-state index < -0.39 is 0 Å². The highest BCUT2D eigenvalue weighted by molar-refractivity contribution is 6.31. The molecule has 106 valence electrons. The summed E-state index contributed by atoms with van der Waals surface area (Å²) >= 11 is 5.93. The van der Waals surface area contributed by atoms with Crippen molar-refractivity contribution in [3.63, 3.8) is 0 Å². The number of rotatable bonds is 5. The Morgan fingerprint density at radius 1 is 1.40 bits per heavy atom. The van der Waals surface area contributed by atoms with Crippen LogP contribution in [0, 0.1) is 0 Å². The molecule has 2 aromatic rings. The van der Waals surface area contributed by atoms with Crippen molar-refractivity contribution in [3.8, 4) is 0 Å². The van der Waals surface area contributed by atoms with Gasteiger partial charge in [0.2, 0.25) is 0 Å². The predicted molar refractivity (Wildman–Crippen MR) is 80.0 cm³/mol. The second kappa shape index (κ2) is 6.68. The Bertz CT molecular complexity index is 616. The van der Waals surface area contributed by atoms with E-state index in [0.29, 0.717) is 22.7 Å². The molecule has 2 N–H and O–H groups in total. The lowest BCUT2D eigenvalue weighted by atomic mass is 10.1. The Morgan fingerprint density at radius 3 is 2.90 bits per heavy atom. The van der Waals surface area contributed by atoms with Gasteiger partial charge in [0, 0.05) is 23.1 Å². The molecule has 0 saturated carbocycles. The van der Waals surface area contributed by atoms with Crippen LogP contribution in [0.5, 0.6) is 0 Å². The number of hydrogen-bond acceptors (Lipinski definition) is 3. The largest absolute Gasteiger partial charge is 0.396 e. The molecule has 1 heterocycles. The summed E-state index contributed by atoms with van der Waals surface area (Å²) in [5.41, 5.74) is 1.07. The van der Waals surface area contributed by atoms with E-state index in [9.17, 15) is 4.79 Å². The molecule has 2 rings (SSSR count). The van der Waals surface area contributed by atoms with Crippen LogP contribution >= 0.6 is 11.6 Å². The first kappa shape index (κ1) is 14.8. The number of halogens is 1. The molecule has 1 aromatic carbocycles. The van der Waals surface area contributed by atoms with Crippen LogP contribution in [-0.2, 0) is 0 Å². The van der Waals surface area contributed by atoms with Crippen molar-refractivity contribution in [2.45, 2.75) is 25.8 Å². The average molecular weight is 293 g/mol. The van der Waals surface area contributed by atoms with Gasteiger partial charge in [0.15, 0.2) is 0 Å². The summed E-state index contributed by atoms with van der Waals surface area (Å²) in [7, 11) is 0. The number of carbonyl (C=O) groups is 1. The van der Waals surface area contributed by atoms with Crippen molar-refractivity contribution in [2.75, 3.05) is 6.61 Å². The maximum atomic E-state index is 12.1. The lowest BCUT2D eigenvalue weighted by Gasteiger charge is -2.13. The van der Waals surface area contributed by atoms with Gasteiger partial charge in [-0.2, -0.15) is 0 Å². The fourth-order valence-corrected chi connectivity index (χ4v) is 2.15. The number of amides is 1. The van der Waals surface area contributed by atoms with Gasteiger partial charge in [-0.1, -0.05) is 23.7 Å². The van der Waals surface area contributed by atoms with Gasteiger partial charge in [0.1, 0.15) is 5.69 Å². The molecule has 5 heteroatoms. The highest BCUT2D eigenvalue weighted by Crippen LogP contribution is 2.18. The standard InChI is InChI=1S/C15H17ClN2O2/c1-10(3-2-8-19)17-15(20)13-7-5-11-4-6-12(16)9-14(11)18-13/h4-7,9-10,19H,2-3,8H2,1H3,(H,17,20). The van der Waals surface area contributed by atoms with Crippen LogP contribution in [0.4, 0.5) is 0 Å². The van der Waals surface area contributed by atoms with Crippen molar-refractivity contribution in [2.24, 2.45) is 0 Å². The molecule has 0 spiro atoms. The molecule has 1 atom stereocenters. The predicted octanol–water partition coefficient (Wildman–Crippen LogP) is 2.78. The summed E-state index contributed by atoms with van der Waals surface area (Å²) in [6.45, 7) is 2.04. The van der Waals surface area contributed by atoms with E-state index in [-0.39, 0.29) is 18.6 Å². The Hall–Kier alpha value is -1.65. The van der Waals surface area contributed by atoms with E-state index in [4.69, 9.17) is 16.7 Å². The summed E-state index contributed by atoms with van der Waals surface area (Å²) in [6.07, 6.45) is 1.41. The summed E-state index contributed by atoms with van der Waals surface area (Å²) in [5, 5.41) is 13.2. The Labute approximate surface area is 122 Å². The van der Waals surface area contributed by atoms with Gasteiger partial charge >= 0.3 is 0 Å². The number of hydrogen-bond donors (Lipinski definition) is 2. The Morgan fingerprint density at radius 2 is 2.15 bits per heavy atom. The van der Waals surface area contributed by atoms with E-state index in [1.807, 2.05) is 19.1 Å². The number of aliphatic hydroxyl groups excluding tert-OH is 1. The smallest absolute Gasteiger partial charge is 0.270 e. The summed E-state index contributed by atoms with van der Waals surface area (Å²) < 4.78 is 0. The highest BCUT2D eigenvalue weighted by Gasteiger charge is 2.11. The van der Waals surface area contributed by atoms with E-state index in [1.165, 1.54) is 0 Å². The van der Waals surface area contributed by atoms with Crippen molar-refractivity contribution in [1.82, 2.24) is 10.3 Å². The fraction of sp³-hybridized carbons (Fsp3) is 0.333. The van der Waals surface area contributed by atoms with Gasteiger partial charge in [-0.3, -0.25) is 4.79 Å². The Balaban J connectivity index is 2.13. The van der Waals surface area contributed by atoms with Crippen molar-refractivity contribution < 1.29 is 9.90 Å². The lowest BCUT2D eigenvalue weighted by Crippen LogP contribution is -2.33. The zero-order valence-electron chi connectivity index (χ0n) is 11.3. The first-order valence-electron chi connectivity index (χ1n) is 6.58. The van der Waals surface area contributed by atoms with E-state index in [2.05, 4.69) is 10.3 Å². The third-order valence-electron chi connectivity index (χ3n) is 3.06. The van der Waals surface area contributed by atoms with Gasteiger partial charge < -0.3 is 10.4 Å². The number of aromatic nitrogens is 1. The van der Waals surface area contributed by atoms with Gasteiger partial charge in [-0.25, -0.2) is 4.98 Å². The minimum atomic E-state index is -0.211. The van der Waals surface area contributed by atoms with Crippen LogP contribution in [0.3, 0.4) is 0 Å². The topological polar surface area (TPSA) is 62.2 Å². The van der Waals surface area contributed by atoms with Crippen LogP contribution in [0.25, 0.3) is 10.9 Å². The molecule has 0 fully saturated rings. The van der Waals surface area contributed by atoms with Crippen molar-refractivity contribution in [3.05, 3.63) is 41.0 Å². The van der Waals surface area contributed by atoms with Crippen LogP contribution < -0.4 is 5.32 Å². The number of benzene rings is 1. The molecule has 1 aromatic heterocycles. The van der Waals surface area contributed by atoms with Crippen molar-refractivity contribution in [1.29, 1.82) is 0 Å². The number of pyridine rings is 1. The first-order valence-corrected chi connectivity index (χ1v) is 6.96. The van der Waals surface area contributed by atoms with Crippen LogP contribution in [-0.4, -0.2) is 28.6 Å². The third-order valence-corrected chi connectivity index (χ3v) is 3.29. The SMILES string of the molecule is CC(CCCO)NC(=O)c1ccc2ccc(Cl)cc2n1. The number of nitrogens with zero attached hydrogens (tertiary/aromatic N) is 1. The molecule has 1 unspecified atom stereocenters. The molecule has 20 heavy (non-hydrogen) atoms. The van der Waals surface area contributed by atoms with Crippen molar-refractivity contribution >= 4 is 28.4 Å². The molecule has 0 aliphatic rings. The normalized spacial score (nSPS) is 12.3. The molecule has 0 radical (unpaired) electrons. The molecule has 0 saturated heterocycles. The summed E-state index contributed by atoms with van der Waals surface area (Å²) in [4.78, 5) is 16.4. The number of nitrogens with one attached hydrogen (secondary N) is 1. The van der Waals surface area contributed by atoms with Gasteiger partial charge in [0.05, 0.1) is 5.52 Å². The minimum absolute atomic E-state index is 0.00603. The maximum absolute atomic E-state index is 12.1. The zero-order valence-corrected chi connectivity index (χ0v) is 12.0.